The number of nitrogens with one attached hydrogen (secondary N) is 1. The first-order chi connectivity index (χ1) is 18.0. The predicted molar refractivity (Wildman–Crippen MR) is 130 cm³/mol. The summed E-state index contributed by atoms with van der Waals surface area (Å²) < 4.78 is 60.5. The van der Waals surface area contributed by atoms with Gasteiger partial charge in [-0.3, -0.25) is 4.90 Å². The Labute approximate surface area is 215 Å². The summed E-state index contributed by atoms with van der Waals surface area (Å²) in [6, 6.07) is 9.62. The number of likely N-dealkylation sites (tertiary alicyclic amines) is 1. The molecule has 3 heterocycles. The number of aliphatic hydroxyl groups is 1. The Balaban J connectivity index is 1.60. The van der Waals surface area contributed by atoms with E-state index in [9.17, 15) is 23.9 Å². The summed E-state index contributed by atoms with van der Waals surface area (Å²) in [6.45, 7) is -0.488. The van der Waals surface area contributed by atoms with E-state index < -0.39 is 66.3 Å². The molecule has 7 nitrogen and oxygen atoms in total. The molecule has 0 aliphatic carbocycles. The standard InChI is InChI=1S/C27H26F4N4O3/c1-14-6-18-17-4-2-3-5-22(17)33-24(18)25(35(14)12-27(30,31)13-36)23-20(28)7-15(8-21(23)29)19(9-32)16-10-34(11-16)26(37)38/h2-5,7-8,14,16,19,25,33,36H,6,10-13H2,1H3,(H,37,38)/t14-,19?,25-/m1/s1. The van der Waals surface area contributed by atoms with E-state index in [0.29, 0.717) is 17.6 Å². The number of benzene rings is 2. The molecule has 0 saturated carbocycles. The van der Waals surface area contributed by atoms with Crippen molar-refractivity contribution in [2.45, 2.75) is 37.3 Å². The Morgan fingerprint density at radius 2 is 1.89 bits per heavy atom. The summed E-state index contributed by atoms with van der Waals surface area (Å²) in [5.74, 6) is -6.84. The van der Waals surface area contributed by atoms with E-state index in [-0.39, 0.29) is 18.7 Å². The topological polar surface area (TPSA) is 104 Å². The van der Waals surface area contributed by atoms with Gasteiger partial charge in [0, 0.05) is 47.2 Å². The van der Waals surface area contributed by atoms with Crippen LogP contribution in [0.25, 0.3) is 10.9 Å². The van der Waals surface area contributed by atoms with Crippen LogP contribution < -0.4 is 0 Å². The van der Waals surface area contributed by atoms with Crippen LogP contribution in [0.2, 0.25) is 0 Å². The Morgan fingerprint density at radius 3 is 2.50 bits per heavy atom. The minimum Gasteiger partial charge on any atom is -0.465 e. The van der Waals surface area contributed by atoms with Crippen molar-refractivity contribution >= 4 is 17.0 Å². The number of aliphatic hydroxyl groups excluding tert-OH is 1. The van der Waals surface area contributed by atoms with Crippen LogP contribution in [-0.2, 0) is 6.42 Å². The van der Waals surface area contributed by atoms with E-state index in [1.165, 1.54) is 4.90 Å². The van der Waals surface area contributed by atoms with Gasteiger partial charge in [-0.05, 0) is 42.7 Å². The number of hydrogen-bond acceptors (Lipinski definition) is 4. The van der Waals surface area contributed by atoms with Crippen molar-refractivity contribution in [3.05, 3.63) is 70.4 Å². The Kier molecular flexibility index (Phi) is 6.57. The van der Waals surface area contributed by atoms with Gasteiger partial charge in [-0.25, -0.2) is 22.4 Å². The van der Waals surface area contributed by atoms with E-state index in [4.69, 9.17) is 5.11 Å². The van der Waals surface area contributed by atoms with Crippen LogP contribution in [0.3, 0.4) is 0 Å². The quantitative estimate of drug-likeness (QED) is 0.404. The maximum Gasteiger partial charge on any atom is 0.407 e. The maximum atomic E-state index is 15.8. The molecule has 200 valence electrons. The average molecular weight is 531 g/mol. The van der Waals surface area contributed by atoms with Gasteiger partial charge in [-0.2, -0.15) is 5.26 Å². The maximum absolute atomic E-state index is 15.8. The van der Waals surface area contributed by atoms with E-state index in [1.807, 2.05) is 18.2 Å². The Morgan fingerprint density at radius 1 is 1.24 bits per heavy atom. The number of nitriles is 1. The molecule has 1 fully saturated rings. The molecule has 2 aliphatic heterocycles. The Hall–Kier alpha value is -3.62. The van der Waals surface area contributed by atoms with Crippen LogP contribution in [0.5, 0.6) is 0 Å². The van der Waals surface area contributed by atoms with Gasteiger partial charge in [0.2, 0.25) is 0 Å². The molecular weight excluding hydrogens is 504 g/mol. The highest BCUT2D eigenvalue weighted by molar-refractivity contribution is 5.85. The highest BCUT2D eigenvalue weighted by Gasteiger charge is 2.44. The van der Waals surface area contributed by atoms with Crippen LogP contribution in [-0.4, -0.2) is 69.3 Å². The number of aromatic amines is 1. The van der Waals surface area contributed by atoms with Crippen LogP contribution in [0.4, 0.5) is 22.4 Å². The van der Waals surface area contributed by atoms with Crippen LogP contribution in [0.15, 0.2) is 36.4 Å². The summed E-state index contributed by atoms with van der Waals surface area (Å²) in [4.78, 5) is 16.7. The molecule has 3 N–H and O–H groups in total. The molecule has 0 bridgehead atoms. The molecule has 0 radical (unpaired) electrons. The molecule has 1 aromatic heterocycles. The lowest BCUT2D eigenvalue weighted by Gasteiger charge is -2.42. The molecule has 11 heteroatoms. The zero-order valence-electron chi connectivity index (χ0n) is 20.5. The molecule has 3 aromatic rings. The summed E-state index contributed by atoms with van der Waals surface area (Å²) in [5, 5.41) is 28.8. The molecule has 5 rings (SSSR count). The van der Waals surface area contributed by atoms with Crippen molar-refractivity contribution in [1.82, 2.24) is 14.8 Å². The lowest BCUT2D eigenvalue weighted by atomic mass is 9.81. The van der Waals surface area contributed by atoms with Gasteiger partial charge in [0.25, 0.3) is 5.92 Å². The van der Waals surface area contributed by atoms with E-state index in [2.05, 4.69) is 4.98 Å². The number of H-pyrrole nitrogens is 1. The first kappa shape index (κ1) is 26.0. The van der Waals surface area contributed by atoms with E-state index in [1.54, 1.807) is 19.1 Å². The summed E-state index contributed by atoms with van der Waals surface area (Å²) in [7, 11) is 0. The number of carboxylic acid groups (broad SMARTS) is 1. The first-order valence-corrected chi connectivity index (χ1v) is 12.2. The fraction of sp³-hybridized carbons (Fsp3) is 0.407. The Bertz CT molecular complexity index is 1410. The number of hydrogen-bond donors (Lipinski definition) is 3. The molecule has 2 aromatic carbocycles. The fourth-order valence-electron chi connectivity index (χ4n) is 5.76. The predicted octanol–water partition coefficient (Wildman–Crippen LogP) is 4.63. The normalized spacial score (nSPS) is 21.1. The number of alkyl halides is 2. The third-order valence-electron chi connectivity index (χ3n) is 7.69. The molecule has 1 amide bonds. The van der Waals surface area contributed by atoms with E-state index in [0.717, 1.165) is 28.0 Å². The second-order valence-corrected chi connectivity index (χ2v) is 10.2. The van der Waals surface area contributed by atoms with Gasteiger partial charge in [0.05, 0.1) is 24.6 Å². The van der Waals surface area contributed by atoms with Gasteiger partial charge in [-0.1, -0.05) is 18.2 Å². The number of para-hydroxylation sites is 1. The molecular formula is C27H26F4N4O3. The highest BCUT2D eigenvalue weighted by atomic mass is 19.3. The molecule has 1 unspecified atom stereocenters. The number of amides is 1. The second-order valence-electron chi connectivity index (χ2n) is 10.2. The van der Waals surface area contributed by atoms with E-state index >= 15 is 8.78 Å². The zero-order valence-corrected chi connectivity index (χ0v) is 20.5. The smallest absolute Gasteiger partial charge is 0.407 e. The van der Waals surface area contributed by atoms with Crippen molar-refractivity contribution in [2.24, 2.45) is 5.92 Å². The SMILES string of the molecule is C[C@@H]1Cc2c([nH]c3ccccc23)[C@@H](c2c(F)cc(C(C#N)C3CN(C(=O)O)C3)cc2F)N1CC(F)(F)CO. The number of aromatic nitrogens is 1. The third kappa shape index (κ3) is 4.37. The lowest BCUT2D eigenvalue weighted by molar-refractivity contribution is -0.0869. The summed E-state index contributed by atoms with van der Waals surface area (Å²) in [6.07, 6.45) is -0.775. The monoisotopic (exact) mass is 530 g/mol. The van der Waals surface area contributed by atoms with Gasteiger partial charge >= 0.3 is 6.09 Å². The fourth-order valence-corrected chi connectivity index (χ4v) is 5.76. The van der Waals surface area contributed by atoms with Crippen molar-refractivity contribution in [3.63, 3.8) is 0 Å². The summed E-state index contributed by atoms with van der Waals surface area (Å²) >= 11 is 0. The first-order valence-electron chi connectivity index (χ1n) is 12.2. The summed E-state index contributed by atoms with van der Waals surface area (Å²) in [5.41, 5.74) is 1.52. The molecule has 3 atom stereocenters. The molecule has 0 spiro atoms. The number of fused-ring (bicyclic) bond motifs is 3. The number of carbonyl (C=O) groups is 1. The zero-order chi connectivity index (χ0) is 27.4. The minimum atomic E-state index is -3.50. The van der Waals surface area contributed by atoms with Gasteiger partial charge < -0.3 is 20.1 Å². The van der Waals surface area contributed by atoms with Crippen LogP contribution in [0, 0.1) is 28.9 Å². The largest absolute Gasteiger partial charge is 0.465 e. The molecule has 2 aliphatic rings. The number of halogens is 4. The van der Waals surface area contributed by atoms with Crippen molar-refractivity contribution in [3.8, 4) is 6.07 Å². The van der Waals surface area contributed by atoms with Crippen LogP contribution >= 0.6 is 0 Å². The van der Waals surface area contributed by atoms with Crippen molar-refractivity contribution in [2.75, 3.05) is 26.2 Å². The number of rotatable bonds is 6. The third-order valence-corrected chi connectivity index (χ3v) is 7.69. The van der Waals surface area contributed by atoms with Crippen molar-refractivity contribution < 1.29 is 32.6 Å². The van der Waals surface area contributed by atoms with Gasteiger partial charge in [0.1, 0.15) is 18.2 Å². The number of nitrogens with zero attached hydrogens (tertiary/aromatic N) is 3. The minimum absolute atomic E-state index is 0.0641. The van der Waals surface area contributed by atoms with Crippen molar-refractivity contribution in [1.29, 1.82) is 5.26 Å². The second kappa shape index (κ2) is 9.60. The van der Waals surface area contributed by atoms with Gasteiger partial charge in [0.15, 0.2) is 0 Å². The van der Waals surface area contributed by atoms with Gasteiger partial charge in [-0.15, -0.1) is 0 Å². The molecule has 1 saturated heterocycles. The average Bonchev–Trinajstić information content (AvgIpc) is 3.20. The lowest BCUT2D eigenvalue weighted by Crippen LogP contribution is -2.51. The van der Waals surface area contributed by atoms with Crippen LogP contribution in [0.1, 0.15) is 41.3 Å². The highest BCUT2D eigenvalue weighted by Crippen LogP contribution is 2.44. The molecule has 38 heavy (non-hydrogen) atoms.